The van der Waals surface area contributed by atoms with Crippen molar-refractivity contribution in [3.05, 3.63) is 11.8 Å². The van der Waals surface area contributed by atoms with Gasteiger partial charge in [-0.25, -0.2) is 9.59 Å². The molecule has 0 aromatic carbocycles. The standard InChI is InChI=1S/C6H6O6/c1-3(7)12-4(6(10)11)2-5(8)9/h2H,1H3,(H,8,9)(H,10,11). The molecule has 0 heterocycles. The molecule has 0 aromatic rings. The summed E-state index contributed by atoms with van der Waals surface area (Å²) in [7, 11) is 0. The molecule has 0 rings (SSSR count). The number of aliphatic carboxylic acids is 2. The van der Waals surface area contributed by atoms with Crippen LogP contribution in [0.5, 0.6) is 0 Å². The Morgan fingerprint density at radius 1 is 1.25 bits per heavy atom. The van der Waals surface area contributed by atoms with Gasteiger partial charge in [0.2, 0.25) is 5.76 Å². The highest BCUT2D eigenvalue weighted by Gasteiger charge is 2.12. The van der Waals surface area contributed by atoms with Gasteiger partial charge < -0.3 is 14.9 Å². The highest BCUT2D eigenvalue weighted by atomic mass is 16.6. The molecular weight excluding hydrogens is 168 g/mol. The number of carboxylic acids is 2. The van der Waals surface area contributed by atoms with Gasteiger partial charge in [-0.3, -0.25) is 4.79 Å². The minimum absolute atomic E-state index is 0.295. The van der Waals surface area contributed by atoms with Gasteiger partial charge in [-0.05, 0) is 0 Å². The lowest BCUT2D eigenvalue weighted by Gasteiger charge is -1.98. The molecule has 6 nitrogen and oxygen atoms in total. The molecule has 0 aromatic heterocycles. The second-order valence-electron chi connectivity index (χ2n) is 1.75. The van der Waals surface area contributed by atoms with E-state index in [0.717, 1.165) is 6.92 Å². The van der Waals surface area contributed by atoms with Gasteiger partial charge in [0.25, 0.3) is 0 Å². The summed E-state index contributed by atoms with van der Waals surface area (Å²) < 4.78 is 4.06. The van der Waals surface area contributed by atoms with Crippen molar-refractivity contribution in [3.8, 4) is 0 Å². The fraction of sp³-hybridized carbons (Fsp3) is 0.167. The lowest BCUT2D eigenvalue weighted by atomic mass is 10.4. The molecule has 0 aliphatic rings. The van der Waals surface area contributed by atoms with E-state index in [4.69, 9.17) is 10.2 Å². The van der Waals surface area contributed by atoms with Gasteiger partial charge in [0, 0.05) is 6.92 Å². The van der Waals surface area contributed by atoms with E-state index in [1.54, 1.807) is 0 Å². The fourth-order valence-electron chi connectivity index (χ4n) is 0.402. The monoisotopic (exact) mass is 174 g/mol. The SMILES string of the molecule is CC(=O)OC(=CC(=O)O)C(=O)O. The summed E-state index contributed by atoms with van der Waals surface area (Å²) in [5.41, 5.74) is 0. The molecule has 12 heavy (non-hydrogen) atoms. The third kappa shape index (κ3) is 4.04. The zero-order chi connectivity index (χ0) is 9.72. The highest BCUT2D eigenvalue weighted by Crippen LogP contribution is 1.97. The second kappa shape index (κ2) is 4.12. The maximum Gasteiger partial charge on any atom is 0.372 e. The molecule has 0 spiro atoms. The number of hydrogen-bond acceptors (Lipinski definition) is 4. The molecule has 66 valence electrons. The number of ether oxygens (including phenoxy) is 1. The van der Waals surface area contributed by atoms with E-state index in [2.05, 4.69) is 4.74 Å². The molecule has 0 aliphatic carbocycles. The van der Waals surface area contributed by atoms with Gasteiger partial charge in [0.1, 0.15) is 0 Å². The highest BCUT2D eigenvalue weighted by molar-refractivity contribution is 5.94. The number of hydrogen-bond donors (Lipinski definition) is 2. The van der Waals surface area contributed by atoms with Gasteiger partial charge in [-0.1, -0.05) is 0 Å². The predicted octanol–water partition coefficient (Wildman–Crippen LogP) is -0.397. The number of carbonyl (C=O) groups is 3. The normalized spacial score (nSPS) is 10.6. The van der Waals surface area contributed by atoms with Gasteiger partial charge in [0.15, 0.2) is 0 Å². The lowest BCUT2D eigenvalue weighted by molar-refractivity contribution is -0.147. The summed E-state index contributed by atoms with van der Waals surface area (Å²) in [6, 6.07) is 0. The van der Waals surface area contributed by atoms with E-state index in [1.807, 2.05) is 0 Å². The Morgan fingerprint density at radius 3 is 2.00 bits per heavy atom. The summed E-state index contributed by atoms with van der Waals surface area (Å²) in [5.74, 6) is -4.89. The Bertz CT molecular complexity index is 251. The first-order valence-corrected chi connectivity index (χ1v) is 2.80. The third-order valence-electron chi connectivity index (χ3n) is 0.719. The van der Waals surface area contributed by atoms with Crippen LogP contribution in [0.25, 0.3) is 0 Å². The maximum absolute atomic E-state index is 10.2. The zero-order valence-electron chi connectivity index (χ0n) is 6.10. The molecular formula is C6H6O6. The van der Waals surface area contributed by atoms with Gasteiger partial charge in [0.05, 0.1) is 6.08 Å². The summed E-state index contributed by atoms with van der Waals surface area (Å²) in [4.78, 5) is 30.3. The molecule has 0 bridgehead atoms. The van der Waals surface area contributed by atoms with Crippen molar-refractivity contribution >= 4 is 17.9 Å². The van der Waals surface area contributed by atoms with E-state index in [9.17, 15) is 14.4 Å². The van der Waals surface area contributed by atoms with Crippen LogP contribution in [0.1, 0.15) is 6.92 Å². The van der Waals surface area contributed by atoms with E-state index in [-0.39, 0.29) is 0 Å². The Hall–Kier alpha value is -1.85. The first kappa shape index (κ1) is 10.2. The van der Waals surface area contributed by atoms with E-state index in [0.29, 0.717) is 6.08 Å². The van der Waals surface area contributed by atoms with E-state index < -0.39 is 23.7 Å². The van der Waals surface area contributed by atoms with Crippen molar-refractivity contribution in [2.24, 2.45) is 0 Å². The molecule has 0 unspecified atom stereocenters. The zero-order valence-corrected chi connectivity index (χ0v) is 6.10. The molecule has 0 amide bonds. The smallest absolute Gasteiger partial charge is 0.372 e. The van der Waals surface area contributed by atoms with E-state index in [1.165, 1.54) is 0 Å². The predicted molar refractivity (Wildman–Crippen MR) is 35.1 cm³/mol. The minimum atomic E-state index is -1.60. The van der Waals surface area contributed by atoms with Gasteiger partial charge in [-0.15, -0.1) is 0 Å². The molecule has 0 radical (unpaired) electrons. The topological polar surface area (TPSA) is 101 Å². The van der Waals surface area contributed by atoms with Crippen molar-refractivity contribution in [3.63, 3.8) is 0 Å². The summed E-state index contributed by atoms with van der Waals surface area (Å²) >= 11 is 0. The third-order valence-corrected chi connectivity index (χ3v) is 0.719. The number of rotatable bonds is 3. The second-order valence-corrected chi connectivity index (χ2v) is 1.75. The van der Waals surface area contributed by atoms with Gasteiger partial charge >= 0.3 is 17.9 Å². The largest absolute Gasteiger partial charge is 0.478 e. The van der Waals surface area contributed by atoms with E-state index >= 15 is 0 Å². The molecule has 2 N–H and O–H groups in total. The quantitative estimate of drug-likeness (QED) is 0.343. The maximum atomic E-state index is 10.2. The van der Waals surface area contributed by atoms with Crippen LogP contribution in [-0.4, -0.2) is 28.1 Å². The first-order chi connectivity index (χ1) is 5.43. The molecule has 0 fully saturated rings. The Kier molecular flexibility index (Phi) is 3.48. The average molecular weight is 174 g/mol. The van der Waals surface area contributed by atoms with Crippen LogP contribution in [-0.2, 0) is 19.1 Å². The summed E-state index contributed by atoms with van der Waals surface area (Å²) in [5, 5.41) is 16.4. The number of carboxylic acid groups (broad SMARTS) is 2. The van der Waals surface area contributed by atoms with Crippen molar-refractivity contribution in [1.82, 2.24) is 0 Å². The Labute approximate surface area is 67.1 Å². The molecule has 6 heteroatoms. The number of carbonyl (C=O) groups excluding carboxylic acids is 1. The Balaban J connectivity index is 4.55. The van der Waals surface area contributed by atoms with Crippen molar-refractivity contribution in [2.75, 3.05) is 0 Å². The van der Waals surface area contributed by atoms with Crippen LogP contribution >= 0.6 is 0 Å². The van der Waals surface area contributed by atoms with Crippen molar-refractivity contribution < 1.29 is 29.3 Å². The van der Waals surface area contributed by atoms with Crippen LogP contribution in [0.3, 0.4) is 0 Å². The molecule has 0 atom stereocenters. The van der Waals surface area contributed by atoms with Crippen molar-refractivity contribution in [1.29, 1.82) is 0 Å². The molecule has 0 aliphatic heterocycles. The minimum Gasteiger partial charge on any atom is -0.478 e. The van der Waals surface area contributed by atoms with Crippen LogP contribution < -0.4 is 0 Å². The van der Waals surface area contributed by atoms with Crippen LogP contribution in [0, 0.1) is 0 Å². The fourth-order valence-corrected chi connectivity index (χ4v) is 0.402. The van der Waals surface area contributed by atoms with Crippen molar-refractivity contribution in [2.45, 2.75) is 6.92 Å². The Morgan fingerprint density at radius 2 is 1.75 bits per heavy atom. The summed E-state index contributed by atoms with van der Waals surface area (Å²) in [6.45, 7) is 0.971. The first-order valence-electron chi connectivity index (χ1n) is 2.80. The van der Waals surface area contributed by atoms with Gasteiger partial charge in [-0.2, -0.15) is 0 Å². The summed E-state index contributed by atoms with van der Waals surface area (Å²) in [6.07, 6.45) is 0.295. The van der Waals surface area contributed by atoms with Crippen LogP contribution in [0.4, 0.5) is 0 Å². The van der Waals surface area contributed by atoms with Crippen LogP contribution in [0.15, 0.2) is 11.8 Å². The average Bonchev–Trinajstić information content (AvgIpc) is 1.83. The lowest BCUT2D eigenvalue weighted by Crippen LogP contribution is -2.10. The van der Waals surface area contributed by atoms with Crippen LogP contribution in [0.2, 0.25) is 0 Å². The number of esters is 1. The molecule has 0 saturated carbocycles. The molecule has 0 saturated heterocycles.